The standard InChI is InChI=1S/C47H61N3O7/c1-3-50(29-27-48-44(51)25-30-54-33-34-56-37-38-57-36-35-55-32-31-53-2)28-14-13-26-49-47(52)43-23-21-42(22-24-43)46(41-19-11-6-12-20-41)45(39-15-7-4-8-16-39)40-17-9-5-10-18-40/h4-12,15-24H,3,13-14,25-38H2,1-2H3,(H,48,51)(H,49,52). The zero-order chi connectivity index (χ0) is 40.2. The number of unbranched alkanes of at least 4 members (excludes halogenated alkanes) is 1. The lowest BCUT2D eigenvalue weighted by atomic mass is 9.85. The van der Waals surface area contributed by atoms with Crippen molar-refractivity contribution in [2.75, 3.05) is 99.3 Å². The van der Waals surface area contributed by atoms with Crippen LogP contribution >= 0.6 is 0 Å². The van der Waals surface area contributed by atoms with Crippen molar-refractivity contribution < 1.29 is 33.3 Å². The number of benzene rings is 4. The lowest BCUT2D eigenvalue weighted by Crippen LogP contribution is -2.36. The zero-order valence-corrected chi connectivity index (χ0v) is 33.8. The van der Waals surface area contributed by atoms with Crippen molar-refractivity contribution in [1.29, 1.82) is 0 Å². The molecule has 0 atom stereocenters. The minimum absolute atomic E-state index is 0.0241. The average molecular weight is 780 g/mol. The van der Waals surface area contributed by atoms with E-state index in [0.717, 1.165) is 65.9 Å². The molecule has 57 heavy (non-hydrogen) atoms. The predicted molar refractivity (Wildman–Crippen MR) is 227 cm³/mol. The van der Waals surface area contributed by atoms with Crippen molar-refractivity contribution in [2.24, 2.45) is 0 Å². The molecule has 2 N–H and O–H groups in total. The minimum atomic E-state index is -0.0779. The molecule has 10 heteroatoms. The molecule has 306 valence electrons. The van der Waals surface area contributed by atoms with E-state index < -0.39 is 0 Å². The lowest BCUT2D eigenvalue weighted by Gasteiger charge is -2.20. The van der Waals surface area contributed by atoms with Gasteiger partial charge in [0.2, 0.25) is 5.91 Å². The van der Waals surface area contributed by atoms with Crippen molar-refractivity contribution in [3.05, 3.63) is 143 Å². The molecule has 0 fully saturated rings. The van der Waals surface area contributed by atoms with E-state index in [9.17, 15) is 9.59 Å². The lowest BCUT2D eigenvalue weighted by molar-refractivity contribution is -0.122. The summed E-state index contributed by atoms with van der Waals surface area (Å²) in [5.41, 5.74) is 7.30. The fraction of sp³-hybridized carbons (Fsp3) is 0.404. The normalized spacial score (nSPS) is 11.1. The first kappa shape index (κ1) is 45.0. The van der Waals surface area contributed by atoms with Gasteiger partial charge in [-0.3, -0.25) is 9.59 Å². The van der Waals surface area contributed by atoms with E-state index in [4.69, 9.17) is 23.7 Å². The van der Waals surface area contributed by atoms with E-state index in [0.29, 0.717) is 84.5 Å². The zero-order valence-electron chi connectivity index (χ0n) is 33.8. The number of carbonyl (C=O) groups is 2. The molecule has 0 aliphatic heterocycles. The Balaban J connectivity index is 1.12. The van der Waals surface area contributed by atoms with Gasteiger partial charge in [-0.15, -0.1) is 0 Å². The van der Waals surface area contributed by atoms with E-state index in [2.05, 4.69) is 95.3 Å². The Hall–Kier alpha value is -4.68. The maximum atomic E-state index is 13.1. The minimum Gasteiger partial charge on any atom is -0.382 e. The van der Waals surface area contributed by atoms with Gasteiger partial charge >= 0.3 is 0 Å². The number of methoxy groups -OCH3 is 1. The molecule has 0 bridgehead atoms. The van der Waals surface area contributed by atoms with Crippen molar-refractivity contribution in [3.63, 3.8) is 0 Å². The summed E-state index contributed by atoms with van der Waals surface area (Å²) in [4.78, 5) is 27.7. The van der Waals surface area contributed by atoms with Crippen LogP contribution in [0.4, 0.5) is 0 Å². The van der Waals surface area contributed by atoms with Gasteiger partial charge in [-0.25, -0.2) is 0 Å². The van der Waals surface area contributed by atoms with Crippen LogP contribution in [0.3, 0.4) is 0 Å². The van der Waals surface area contributed by atoms with Gasteiger partial charge in [-0.1, -0.05) is 110 Å². The number of likely N-dealkylation sites (N-methyl/N-ethyl adjacent to an activating group) is 1. The third-order valence-corrected chi connectivity index (χ3v) is 9.28. The summed E-state index contributed by atoms with van der Waals surface area (Å²) in [5.74, 6) is -0.102. The first-order chi connectivity index (χ1) is 28.1. The van der Waals surface area contributed by atoms with E-state index in [1.165, 1.54) is 0 Å². The van der Waals surface area contributed by atoms with Crippen molar-refractivity contribution in [2.45, 2.75) is 26.2 Å². The number of rotatable bonds is 29. The molecule has 0 unspecified atom stereocenters. The van der Waals surface area contributed by atoms with Gasteiger partial charge in [-0.2, -0.15) is 0 Å². The predicted octanol–water partition coefficient (Wildman–Crippen LogP) is 6.75. The second kappa shape index (κ2) is 27.8. The Morgan fingerprint density at radius 2 is 0.930 bits per heavy atom. The Morgan fingerprint density at radius 3 is 1.40 bits per heavy atom. The second-order valence-corrected chi connectivity index (χ2v) is 13.4. The van der Waals surface area contributed by atoms with Crippen LogP contribution in [0.2, 0.25) is 0 Å². The van der Waals surface area contributed by atoms with Crippen LogP contribution in [0.25, 0.3) is 11.1 Å². The summed E-state index contributed by atoms with van der Waals surface area (Å²) in [6.07, 6.45) is 2.12. The highest BCUT2D eigenvalue weighted by atomic mass is 16.6. The summed E-state index contributed by atoms with van der Waals surface area (Å²) in [5, 5.41) is 6.08. The number of hydrogen-bond donors (Lipinski definition) is 2. The highest BCUT2D eigenvalue weighted by Gasteiger charge is 2.17. The summed E-state index contributed by atoms with van der Waals surface area (Å²) >= 11 is 0. The number of ether oxygens (including phenoxy) is 5. The number of nitrogens with zero attached hydrogens (tertiary/aromatic N) is 1. The molecular weight excluding hydrogens is 719 g/mol. The van der Waals surface area contributed by atoms with Crippen LogP contribution < -0.4 is 10.6 Å². The first-order valence-electron chi connectivity index (χ1n) is 20.2. The quantitative estimate of drug-likeness (QED) is 0.0461. The molecular formula is C47H61N3O7. The van der Waals surface area contributed by atoms with Crippen LogP contribution in [0.1, 0.15) is 58.8 Å². The molecule has 10 nitrogen and oxygen atoms in total. The largest absolute Gasteiger partial charge is 0.382 e. The second-order valence-electron chi connectivity index (χ2n) is 13.4. The van der Waals surface area contributed by atoms with E-state index in [1.54, 1.807) is 7.11 Å². The van der Waals surface area contributed by atoms with E-state index >= 15 is 0 Å². The molecule has 0 radical (unpaired) electrons. The molecule has 0 saturated heterocycles. The molecule has 2 amide bonds. The first-order valence-corrected chi connectivity index (χ1v) is 20.2. The molecule has 0 aliphatic carbocycles. The van der Waals surface area contributed by atoms with Crippen LogP contribution in [0.5, 0.6) is 0 Å². The number of amides is 2. The summed E-state index contributed by atoms with van der Waals surface area (Å²) in [6.45, 7) is 10.3. The maximum Gasteiger partial charge on any atom is 0.251 e. The molecule has 0 heterocycles. The fourth-order valence-electron chi connectivity index (χ4n) is 6.22. The van der Waals surface area contributed by atoms with E-state index in [-0.39, 0.29) is 11.8 Å². The third kappa shape index (κ3) is 17.1. The van der Waals surface area contributed by atoms with E-state index in [1.807, 2.05) is 42.5 Å². The monoisotopic (exact) mass is 779 g/mol. The van der Waals surface area contributed by atoms with Crippen LogP contribution in [-0.4, -0.2) is 116 Å². The topological polar surface area (TPSA) is 108 Å². The molecule has 0 aromatic heterocycles. The maximum absolute atomic E-state index is 13.1. The molecule has 4 rings (SSSR count). The molecule has 4 aromatic carbocycles. The van der Waals surface area contributed by atoms with Gasteiger partial charge in [-0.05, 0) is 71.5 Å². The summed E-state index contributed by atoms with van der Waals surface area (Å²) in [6, 6.07) is 39.3. The molecule has 0 saturated carbocycles. The summed E-state index contributed by atoms with van der Waals surface area (Å²) < 4.78 is 26.7. The van der Waals surface area contributed by atoms with Gasteiger partial charge in [0.25, 0.3) is 5.91 Å². The number of nitrogens with one attached hydrogen (secondary N) is 2. The van der Waals surface area contributed by atoms with Gasteiger partial charge in [0.15, 0.2) is 0 Å². The van der Waals surface area contributed by atoms with Crippen LogP contribution in [0, 0.1) is 0 Å². The Morgan fingerprint density at radius 1 is 0.491 bits per heavy atom. The number of carbonyl (C=O) groups excluding carboxylic acids is 2. The highest BCUT2D eigenvalue weighted by molar-refractivity contribution is 6.05. The van der Waals surface area contributed by atoms with Crippen molar-refractivity contribution >= 4 is 23.0 Å². The molecule has 0 spiro atoms. The number of hydrogen-bond acceptors (Lipinski definition) is 8. The fourth-order valence-corrected chi connectivity index (χ4v) is 6.22. The van der Waals surface area contributed by atoms with Crippen LogP contribution in [-0.2, 0) is 28.5 Å². The Labute approximate surface area is 339 Å². The van der Waals surface area contributed by atoms with Crippen molar-refractivity contribution in [1.82, 2.24) is 15.5 Å². The Bertz CT molecular complexity index is 1660. The molecule has 4 aromatic rings. The van der Waals surface area contributed by atoms with Gasteiger partial charge in [0.1, 0.15) is 0 Å². The van der Waals surface area contributed by atoms with Gasteiger partial charge in [0, 0.05) is 38.7 Å². The van der Waals surface area contributed by atoms with Gasteiger partial charge < -0.3 is 39.2 Å². The van der Waals surface area contributed by atoms with Crippen molar-refractivity contribution in [3.8, 4) is 0 Å². The average Bonchev–Trinajstić information content (AvgIpc) is 3.25. The smallest absolute Gasteiger partial charge is 0.251 e. The summed E-state index contributed by atoms with van der Waals surface area (Å²) in [7, 11) is 1.64. The Kier molecular flexibility index (Phi) is 22.0. The van der Waals surface area contributed by atoms with Crippen LogP contribution in [0.15, 0.2) is 115 Å². The highest BCUT2D eigenvalue weighted by Crippen LogP contribution is 2.36. The SMILES string of the molecule is CCN(CCCCNC(=O)c1ccc(C(=C(c2ccccc2)c2ccccc2)c2ccccc2)cc1)CCNC(=O)CCOCCOCCOCCOCCOC. The third-order valence-electron chi connectivity index (χ3n) is 9.28. The molecule has 0 aliphatic rings. The van der Waals surface area contributed by atoms with Gasteiger partial charge in [0.05, 0.1) is 59.5 Å².